The van der Waals surface area contributed by atoms with Crippen molar-refractivity contribution in [3.05, 3.63) is 33.1 Å². The number of nitrogens with zero attached hydrogens (tertiary/aromatic N) is 3. The lowest BCUT2D eigenvalue weighted by Crippen LogP contribution is -2.22. The second-order valence-electron chi connectivity index (χ2n) is 6.22. The van der Waals surface area contributed by atoms with Gasteiger partial charge in [0.25, 0.3) is 11.6 Å². The molecule has 1 aliphatic rings. The molecule has 25 heavy (non-hydrogen) atoms. The summed E-state index contributed by atoms with van der Waals surface area (Å²) < 4.78 is 2.81. The maximum Gasteiger partial charge on any atom is 0.270 e. The molecule has 1 amide bonds. The van der Waals surface area contributed by atoms with Gasteiger partial charge in [0.2, 0.25) is 0 Å². The Labute approximate surface area is 154 Å². The van der Waals surface area contributed by atoms with Crippen LogP contribution >= 0.6 is 23.1 Å². The predicted octanol–water partition coefficient (Wildman–Crippen LogP) is 3.98. The average molecular weight is 380 g/mol. The van der Waals surface area contributed by atoms with E-state index in [0.717, 1.165) is 48.2 Å². The first-order valence-electron chi connectivity index (χ1n) is 8.45. The molecule has 1 aliphatic carbocycles. The molecule has 1 heterocycles. The molecule has 0 bridgehead atoms. The van der Waals surface area contributed by atoms with Crippen molar-refractivity contribution in [2.75, 3.05) is 12.0 Å². The van der Waals surface area contributed by atoms with Crippen molar-refractivity contribution in [1.82, 2.24) is 4.57 Å². The van der Waals surface area contributed by atoms with Gasteiger partial charge in [-0.2, -0.15) is 16.8 Å². The molecule has 2 aromatic rings. The average Bonchev–Trinajstić information content (AvgIpc) is 2.96. The molecule has 1 aromatic carbocycles. The van der Waals surface area contributed by atoms with Gasteiger partial charge in [-0.05, 0) is 25.2 Å². The molecule has 3 rings (SSSR count). The minimum absolute atomic E-state index is 0.0299. The highest BCUT2D eigenvalue weighted by molar-refractivity contribution is 7.98. The van der Waals surface area contributed by atoms with Gasteiger partial charge in [-0.15, -0.1) is 0 Å². The molecule has 0 radical (unpaired) electrons. The maximum atomic E-state index is 12.6. The molecule has 0 spiro atoms. The number of carbonyl (C=O) groups excluding carboxylic acids is 1. The smallest absolute Gasteiger partial charge is 0.270 e. The minimum atomic E-state index is -0.393. The van der Waals surface area contributed by atoms with E-state index in [9.17, 15) is 14.9 Å². The van der Waals surface area contributed by atoms with Crippen molar-refractivity contribution in [3.8, 4) is 0 Å². The second-order valence-corrected chi connectivity index (χ2v) is 8.22. The summed E-state index contributed by atoms with van der Waals surface area (Å²) in [6.07, 6.45) is 7.26. The molecule has 0 atom stereocenters. The first-order chi connectivity index (χ1) is 12.1. The molecular formula is C17H21N3O3S2. The number of nitro benzene ring substituents is 1. The number of thiazole rings is 1. The molecule has 1 aromatic heterocycles. The summed E-state index contributed by atoms with van der Waals surface area (Å²) in [7, 11) is 0. The Kier molecular flexibility index (Phi) is 5.90. The number of amides is 1. The third-order valence-corrected chi connectivity index (χ3v) is 6.19. The number of benzene rings is 1. The van der Waals surface area contributed by atoms with Crippen LogP contribution in [0.4, 0.5) is 5.69 Å². The third-order valence-electron chi connectivity index (χ3n) is 4.56. The second kappa shape index (κ2) is 8.14. The fourth-order valence-corrected chi connectivity index (χ4v) is 4.65. The molecule has 0 unspecified atom stereocenters. The quantitative estimate of drug-likeness (QED) is 0.581. The van der Waals surface area contributed by atoms with Crippen molar-refractivity contribution >= 4 is 44.9 Å². The van der Waals surface area contributed by atoms with Gasteiger partial charge in [-0.1, -0.05) is 30.6 Å². The molecule has 1 fully saturated rings. The van der Waals surface area contributed by atoms with Crippen LogP contribution < -0.4 is 4.80 Å². The Morgan fingerprint density at radius 2 is 2.16 bits per heavy atom. The van der Waals surface area contributed by atoms with Gasteiger partial charge in [0.1, 0.15) is 0 Å². The van der Waals surface area contributed by atoms with Crippen LogP contribution in [0.15, 0.2) is 23.2 Å². The normalized spacial score (nSPS) is 16.4. The topological polar surface area (TPSA) is 77.5 Å². The largest absolute Gasteiger partial charge is 0.316 e. The number of hydrogen-bond acceptors (Lipinski definition) is 5. The number of thioether (sulfide) groups is 1. The zero-order valence-electron chi connectivity index (χ0n) is 14.1. The van der Waals surface area contributed by atoms with Crippen molar-refractivity contribution in [3.63, 3.8) is 0 Å². The molecular weight excluding hydrogens is 358 g/mol. The van der Waals surface area contributed by atoms with E-state index in [1.807, 2.05) is 10.8 Å². The lowest BCUT2D eigenvalue weighted by atomic mass is 9.89. The lowest BCUT2D eigenvalue weighted by molar-refractivity contribution is -0.384. The number of aryl methyl sites for hydroxylation is 1. The maximum absolute atomic E-state index is 12.6. The molecule has 0 saturated heterocycles. The van der Waals surface area contributed by atoms with Crippen molar-refractivity contribution in [2.24, 2.45) is 10.9 Å². The monoisotopic (exact) mass is 379 g/mol. The molecule has 1 saturated carbocycles. The fraction of sp³-hybridized carbons (Fsp3) is 0.529. The number of nitro groups is 1. The summed E-state index contributed by atoms with van der Waals surface area (Å²) in [4.78, 5) is 28.2. The molecule has 6 nitrogen and oxygen atoms in total. The van der Waals surface area contributed by atoms with Crippen LogP contribution in [0.3, 0.4) is 0 Å². The number of rotatable bonds is 5. The molecule has 0 aliphatic heterocycles. The van der Waals surface area contributed by atoms with E-state index < -0.39 is 4.92 Å². The molecule has 134 valence electrons. The summed E-state index contributed by atoms with van der Waals surface area (Å²) >= 11 is 3.08. The van der Waals surface area contributed by atoms with Crippen LogP contribution in [-0.2, 0) is 11.3 Å². The summed E-state index contributed by atoms with van der Waals surface area (Å²) in [6, 6.07) is 4.84. The van der Waals surface area contributed by atoms with Gasteiger partial charge < -0.3 is 4.57 Å². The summed E-state index contributed by atoms with van der Waals surface area (Å²) in [5, 5.41) is 11.0. The van der Waals surface area contributed by atoms with Crippen LogP contribution in [0, 0.1) is 16.0 Å². The third kappa shape index (κ3) is 4.12. The van der Waals surface area contributed by atoms with E-state index in [1.54, 1.807) is 23.9 Å². The summed E-state index contributed by atoms with van der Waals surface area (Å²) in [5.41, 5.74) is 0.968. The van der Waals surface area contributed by atoms with E-state index in [-0.39, 0.29) is 17.5 Å². The standard InChI is InChI=1S/C17H21N3O3S2/c1-24-10-9-19-14-8-7-13(20(22)23)11-15(14)25-17(19)18-16(21)12-5-3-2-4-6-12/h7-8,11-12H,2-6,9-10H2,1H3. The van der Waals surface area contributed by atoms with Gasteiger partial charge in [0.05, 0.1) is 15.1 Å². The number of carbonyl (C=O) groups is 1. The molecule has 8 heteroatoms. The van der Waals surface area contributed by atoms with Gasteiger partial charge in [-0.3, -0.25) is 14.9 Å². The van der Waals surface area contributed by atoms with E-state index in [2.05, 4.69) is 4.99 Å². The zero-order chi connectivity index (χ0) is 17.8. The van der Waals surface area contributed by atoms with Crippen LogP contribution in [0.1, 0.15) is 32.1 Å². The van der Waals surface area contributed by atoms with Crippen LogP contribution in [0.25, 0.3) is 10.2 Å². The van der Waals surface area contributed by atoms with Crippen LogP contribution in [0.5, 0.6) is 0 Å². The lowest BCUT2D eigenvalue weighted by Gasteiger charge is -2.17. The predicted molar refractivity (Wildman–Crippen MR) is 102 cm³/mol. The first kappa shape index (κ1) is 18.1. The number of aromatic nitrogens is 1. The van der Waals surface area contributed by atoms with Gasteiger partial charge in [0, 0.05) is 30.3 Å². The van der Waals surface area contributed by atoms with E-state index in [1.165, 1.54) is 23.8 Å². The van der Waals surface area contributed by atoms with E-state index in [0.29, 0.717) is 4.80 Å². The van der Waals surface area contributed by atoms with Crippen molar-refractivity contribution < 1.29 is 9.72 Å². The Morgan fingerprint density at radius 3 is 2.84 bits per heavy atom. The highest BCUT2D eigenvalue weighted by Gasteiger charge is 2.21. The van der Waals surface area contributed by atoms with E-state index in [4.69, 9.17) is 0 Å². The van der Waals surface area contributed by atoms with Crippen LogP contribution in [0.2, 0.25) is 0 Å². The SMILES string of the molecule is CSCCn1c(=NC(=O)C2CCCCC2)sc2cc([N+](=O)[O-])ccc21. The Hall–Kier alpha value is -1.67. The number of fused-ring (bicyclic) bond motifs is 1. The Balaban J connectivity index is 2.03. The Bertz CT molecular complexity index is 850. The summed E-state index contributed by atoms with van der Waals surface area (Å²) in [5.74, 6) is 0.883. The zero-order valence-corrected chi connectivity index (χ0v) is 15.8. The van der Waals surface area contributed by atoms with Crippen LogP contribution in [-0.4, -0.2) is 27.4 Å². The fourth-order valence-electron chi connectivity index (χ4n) is 3.19. The van der Waals surface area contributed by atoms with Gasteiger partial charge in [0.15, 0.2) is 4.80 Å². The highest BCUT2D eigenvalue weighted by atomic mass is 32.2. The first-order valence-corrected chi connectivity index (χ1v) is 10.7. The number of hydrogen-bond donors (Lipinski definition) is 0. The van der Waals surface area contributed by atoms with Crippen molar-refractivity contribution in [1.29, 1.82) is 0 Å². The minimum Gasteiger partial charge on any atom is -0.316 e. The van der Waals surface area contributed by atoms with Crippen molar-refractivity contribution in [2.45, 2.75) is 38.6 Å². The summed E-state index contributed by atoms with van der Waals surface area (Å²) in [6.45, 7) is 0.732. The molecule has 0 N–H and O–H groups in total. The van der Waals surface area contributed by atoms with Gasteiger partial charge >= 0.3 is 0 Å². The van der Waals surface area contributed by atoms with E-state index >= 15 is 0 Å². The number of non-ortho nitro benzene ring substituents is 1. The Morgan fingerprint density at radius 1 is 1.40 bits per heavy atom. The van der Waals surface area contributed by atoms with Gasteiger partial charge in [-0.25, -0.2) is 0 Å². The highest BCUT2D eigenvalue weighted by Crippen LogP contribution is 2.26.